The Kier molecular flexibility index (Phi) is 3.92. The molecule has 1 saturated heterocycles. The van der Waals surface area contributed by atoms with Crippen LogP contribution in [-0.4, -0.2) is 46.3 Å². The van der Waals surface area contributed by atoms with Gasteiger partial charge < -0.3 is 10.0 Å². The lowest BCUT2D eigenvalue weighted by molar-refractivity contribution is -0.187. The van der Waals surface area contributed by atoms with E-state index in [0.29, 0.717) is 5.52 Å². The molecule has 2 aromatic rings. The van der Waals surface area contributed by atoms with Crippen LogP contribution >= 0.6 is 22.7 Å². The molecule has 0 aliphatic carbocycles. The molecule has 2 N–H and O–H groups in total. The van der Waals surface area contributed by atoms with Crippen LogP contribution < -0.4 is 5.32 Å². The Morgan fingerprint density at radius 2 is 2.13 bits per heavy atom. The number of nitrogens with one attached hydrogen (secondary N) is 1. The third-order valence-corrected chi connectivity index (χ3v) is 5.60. The first-order chi connectivity index (χ1) is 10.8. The van der Waals surface area contributed by atoms with Crippen LogP contribution in [0.1, 0.15) is 0 Å². The molecular formula is C12H10F3N3O3S2. The average molecular weight is 365 g/mol. The van der Waals surface area contributed by atoms with E-state index in [0.717, 1.165) is 8.91 Å². The lowest BCUT2D eigenvalue weighted by Gasteiger charge is -2.18. The van der Waals surface area contributed by atoms with Gasteiger partial charge in [-0.15, -0.1) is 11.3 Å². The molecule has 0 aromatic carbocycles. The Morgan fingerprint density at radius 3 is 2.70 bits per heavy atom. The van der Waals surface area contributed by atoms with Crippen LogP contribution in [0.4, 0.5) is 23.1 Å². The Bertz CT molecular complexity index is 729. The fraction of sp³-hybridized carbons (Fsp3) is 0.417. The summed E-state index contributed by atoms with van der Waals surface area (Å²) in [6.45, 7) is -1.16. The zero-order chi connectivity index (χ0) is 16.8. The maximum Gasteiger partial charge on any atom is 0.394 e. The van der Waals surface area contributed by atoms with Crippen molar-refractivity contribution in [3.05, 3.63) is 11.4 Å². The molecule has 2 aromatic heterocycles. The van der Waals surface area contributed by atoms with Gasteiger partial charge in [-0.3, -0.25) is 10.1 Å². The van der Waals surface area contributed by atoms with E-state index in [9.17, 15) is 22.8 Å². The minimum Gasteiger partial charge on any atom is -0.481 e. The van der Waals surface area contributed by atoms with Crippen molar-refractivity contribution in [2.75, 3.05) is 18.4 Å². The second kappa shape index (κ2) is 5.64. The SMILES string of the molecule is O=C(O)[C@@H]1CN(C(=O)Nc2nc3ccsc3s2)C[C@H]1C(F)(F)F. The molecule has 11 heteroatoms. The molecule has 0 radical (unpaired) electrons. The van der Waals surface area contributed by atoms with Crippen molar-refractivity contribution < 1.29 is 27.9 Å². The maximum atomic E-state index is 12.9. The number of hydrogen-bond donors (Lipinski definition) is 2. The quantitative estimate of drug-likeness (QED) is 0.857. The molecule has 3 heterocycles. The number of carbonyl (C=O) groups excluding carboxylic acids is 1. The summed E-state index contributed by atoms with van der Waals surface area (Å²) in [7, 11) is 0. The summed E-state index contributed by atoms with van der Waals surface area (Å²) in [5.41, 5.74) is 0.702. The van der Waals surface area contributed by atoms with Crippen molar-refractivity contribution in [2.24, 2.45) is 11.8 Å². The van der Waals surface area contributed by atoms with Gasteiger partial charge in [-0.25, -0.2) is 9.78 Å². The predicted molar refractivity (Wildman–Crippen MR) is 78.8 cm³/mol. The van der Waals surface area contributed by atoms with Crippen LogP contribution in [-0.2, 0) is 4.79 Å². The number of halogens is 3. The van der Waals surface area contributed by atoms with E-state index in [1.807, 2.05) is 5.38 Å². The highest BCUT2D eigenvalue weighted by Gasteiger charge is 2.53. The van der Waals surface area contributed by atoms with Gasteiger partial charge in [-0.05, 0) is 11.4 Å². The normalized spacial score (nSPS) is 21.8. The standard InChI is InChI=1S/C12H10F3N3O3S2/c13-12(14,15)6-4-18(3-5(6)8(19)20)11(21)17-10-16-7-1-2-22-9(7)23-10/h1-2,5-6H,3-4H2,(H,19,20)(H,16,17,21)/t5-,6-/m1/s1. The highest BCUT2D eigenvalue weighted by Crippen LogP contribution is 2.38. The summed E-state index contributed by atoms with van der Waals surface area (Å²) < 4.78 is 39.6. The summed E-state index contributed by atoms with van der Waals surface area (Å²) in [6.07, 6.45) is -4.66. The maximum absolute atomic E-state index is 12.9. The Balaban J connectivity index is 1.72. The number of thiophene rings is 1. The van der Waals surface area contributed by atoms with Gasteiger partial charge in [0.2, 0.25) is 0 Å². The number of carbonyl (C=O) groups is 2. The van der Waals surface area contributed by atoms with Gasteiger partial charge in [-0.1, -0.05) is 11.3 Å². The van der Waals surface area contributed by atoms with Crippen LogP contribution in [0.15, 0.2) is 11.4 Å². The van der Waals surface area contributed by atoms with Gasteiger partial charge in [0.1, 0.15) is 4.01 Å². The van der Waals surface area contributed by atoms with E-state index < -0.39 is 43.1 Å². The third-order valence-electron chi connectivity index (χ3n) is 3.58. The number of aliphatic carboxylic acids is 1. The van der Waals surface area contributed by atoms with Crippen molar-refractivity contribution in [3.63, 3.8) is 0 Å². The van der Waals surface area contributed by atoms with Crippen LogP contribution in [0.25, 0.3) is 9.53 Å². The number of nitrogens with zero attached hydrogens (tertiary/aromatic N) is 2. The Morgan fingerprint density at radius 1 is 1.39 bits per heavy atom. The summed E-state index contributed by atoms with van der Waals surface area (Å²) in [6, 6.07) is 0.992. The van der Waals surface area contributed by atoms with Gasteiger partial charge in [0.15, 0.2) is 5.13 Å². The van der Waals surface area contributed by atoms with E-state index in [-0.39, 0.29) is 5.13 Å². The number of thiazole rings is 1. The molecular weight excluding hydrogens is 355 g/mol. The Labute approximate surface area is 135 Å². The molecule has 1 aliphatic rings. The van der Waals surface area contributed by atoms with E-state index in [2.05, 4.69) is 10.3 Å². The molecule has 1 fully saturated rings. The lowest BCUT2D eigenvalue weighted by Crippen LogP contribution is -2.35. The number of amides is 2. The fourth-order valence-electron chi connectivity index (χ4n) is 2.44. The molecule has 6 nitrogen and oxygen atoms in total. The molecule has 2 amide bonds. The number of fused-ring (bicyclic) bond motifs is 1. The lowest BCUT2D eigenvalue weighted by atomic mass is 9.96. The van der Waals surface area contributed by atoms with Crippen molar-refractivity contribution >= 4 is 49.3 Å². The summed E-state index contributed by atoms with van der Waals surface area (Å²) in [5.74, 6) is -5.27. The first kappa shape index (κ1) is 16.0. The first-order valence-electron chi connectivity index (χ1n) is 6.45. The number of alkyl halides is 3. The smallest absolute Gasteiger partial charge is 0.394 e. The van der Waals surface area contributed by atoms with E-state index in [1.54, 1.807) is 6.07 Å². The topological polar surface area (TPSA) is 82.5 Å². The Hall–Kier alpha value is -1.88. The van der Waals surface area contributed by atoms with Crippen molar-refractivity contribution in [1.29, 1.82) is 0 Å². The number of rotatable bonds is 2. The zero-order valence-corrected chi connectivity index (χ0v) is 13.0. The number of carboxylic acids is 1. The number of anilines is 1. The molecule has 1 aliphatic heterocycles. The minimum absolute atomic E-state index is 0.277. The number of likely N-dealkylation sites (tertiary alicyclic amines) is 1. The summed E-state index contributed by atoms with van der Waals surface area (Å²) >= 11 is 2.65. The van der Waals surface area contributed by atoms with Gasteiger partial charge in [-0.2, -0.15) is 13.2 Å². The third kappa shape index (κ3) is 3.11. The summed E-state index contributed by atoms with van der Waals surface area (Å²) in [5, 5.41) is 13.5. The largest absolute Gasteiger partial charge is 0.481 e. The van der Waals surface area contributed by atoms with Gasteiger partial charge in [0, 0.05) is 13.1 Å². The average Bonchev–Trinajstić information content (AvgIpc) is 3.09. The number of carboxylic acid groups (broad SMARTS) is 1. The molecule has 0 bridgehead atoms. The predicted octanol–water partition coefficient (Wildman–Crippen LogP) is 3.08. The first-order valence-corrected chi connectivity index (χ1v) is 8.15. The van der Waals surface area contributed by atoms with Gasteiger partial charge in [0.25, 0.3) is 0 Å². The van der Waals surface area contributed by atoms with E-state index in [1.165, 1.54) is 22.7 Å². The van der Waals surface area contributed by atoms with Crippen LogP contribution in [0, 0.1) is 11.8 Å². The number of hydrogen-bond acceptors (Lipinski definition) is 5. The highest BCUT2D eigenvalue weighted by atomic mass is 32.2. The van der Waals surface area contributed by atoms with Crippen molar-refractivity contribution in [1.82, 2.24) is 9.88 Å². The van der Waals surface area contributed by atoms with Crippen LogP contribution in [0.3, 0.4) is 0 Å². The number of urea groups is 1. The molecule has 0 unspecified atom stereocenters. The van der Waals surface area contributed by atoms with Gasteiger partial charge in [0.05, 0.1) is 17.4 Å². The second-order valence-electron chi connectivity index (χ2n) is 5.04. The second-order valence-corrected chi connectivity index (χ2v) is 7.21. The van der Waals surface area contributed by atoms with Crippen molar-refractivity contribution in [3.8, 4) is 0 Å². The van der Waals surface area contributed by atoms with Crippen LogP contribution in [0.2, 0.25) is 0 Å². The molecule has 124 valence electrons. The van der Waals surface area contributed by atoms with Gasteiger partial charge >= 0.3 is 18.2 Å². The molecule has 2 atom stereocenters. The monoisotopic (exact) mass is 365 g/mol. The molecule has 0 spiro atoms. The van der Waals surface area contributed by atoms with Crippen molar-refractivity contribution in [2.45, 2.75) is 6.18 Å². The molecule has 3 rings (SSSR count). The minimum atomic E-state index is -4.66. The van der Waals surface area contributed by atoms with E-state index in [4.69, 9.17) is 5.11 Å². The highest BCUT2D eigenvalue weighted by molar-refractivity contribution is 7.39. The fourth-order valence-corrected chi connectivity index (χ4v) is 4.27. The zero-order valence-electron chi connectivity index (χ0n) is 11.3. The van der Waals surface area contributed by atoms with E-state index >= 15 is 0 Å². The summed E-state index contributed by atoms with van der Waals surface area (Å²) in [4.78, 5) is 28.1. The molecule has 23 heavy (non-hydrogen) atoms. The molecule has 0 saturated carbocycles. The number of aromatic nitrogens is 1. The van der Waals surface area contributed by atoms with Crippen LogP contribution in [0.5, 0.6) is 0 Å².